The van der Waals surface area contributed by atoms with E-state index in [1.54, 1.807) is 13.8 Å². The zero-order valence-corrected chi connectivity index (χ0v) is 51.9. The number of amides is 7. The molecule has 4 aliphatic rings. The first kappa shape index (κ1) is 82.9. The van der Waals surface area contributed by atoms with Gasteiger partial charge in [-0.05, 0) is 12.8 Å². The number of carboxylic acid groups (broad SMARTS) is 1. The largest absolute Gasteiger partial charge is 0.481 e. The van der Waals surface area contributed by atoms with Crippen LogP contribution in [0.15, 0.2) is 0 Å². The molecule has 2 aliphatic carbocycles. The summed E-state index contributed by atoms with van der Waals surface area (Å²) in [4.78, 5) is 90.1. The van der Waals surface area contributed by atoms with Crippen molar-refractivity contribution in [1.29, 1.82) is 0 Å². The van der Waals surface area contributed by atoms with E-state index in [1.165, 1.54) is 255 Å². The van der Waals surface area contributed by atoms with Crippen LogP contribution in [0.4, 0.5) is 0 Å². The van der Waals surface area contributed by atoms with Crippen molar-refractivity contribution in [3.05, 3.63) is 0 Å². The lowest BCUT2D eigenvalue weighted by atomic mass is 10.0. The summed E-state index contributed by atoms with van der Waals surface area (Å²) >= 11 is 0. The monoisotopic (exact) mass is 1180 g/mol. The number of aliphatic carboxylic acids is 1. The Labute approximate surface area is 506 Å². The zero-order chi connectivity index (χ0) is 60.1. The van der Waals surface area contributed by atoms with Crippen molar-refractivity contribution in [2.75, 3.05) is 33.7 Å². The minimum absolute atomic E-state index is 0. The van der Waals surface area contributed by atoms with Crippen LogP contribution in [0, 0.1) is 5.92 Å². The maximum Gasteiger partial charge on any atom is 0.303 e. The SMILES string of the molecule is C.C.C1CCCCCCCCCCCCCCCCC1.C1CCCCCCCCCCCCCCCCC1.CC[C@H](C(N)=O)N1CC(CNC(=O)CCC(=O)NC)CC1=O.CC[C@H](C(N)=O)N1NC(CN)CC1=O.CNC(=O)CCC(=O)O. The molecule has 4 rings (SSSR count). The summed E-state index contributed by atoms with van der Waals surface area (Å²) in [6.07, 6.45) is 55.8. The Balaban J connectivity index is -0.000000980. The zero-order valence-electron chi connectivity index (χ0n) is 51.9. The molecular formula is C65H129N9O9. The Morgan fingerprint density at radius 2 is 0.771 bits per heavy atom. The van der Waals surface area contributed by atoms with Crippen LogP contribution < -0.4 is 38.6 Å². The van der Waals surface area contributed by atoms with Crippen LogP contribution in [-0.2, 0) is 38.4 Å². The second-order valence-corrected chi connectivity index (χ2v) is 23.1. The van der Waals surface area contributed by atoms with Gasteiger partial charge in [-0.1, -0.05) is 260 Å². The fourth-order valence-electron chi connectivity index (χ4n) is 10.8. The molecule has 0 aromatic heterocycles. The predicted octanol–water partition coefficient (Wildman–Crippen LogP) is 12.0. The van der Waals surface area contributed by atoms with Gasteiger partial charge in [0.1, 0.15) is 12.1 Å². The van der Waals surface area contributed by atoms with E-state index in [2.05, 4.69) is 21.4 Å². The van der Waals surface area contributed by atoms with Gasteiger partial charge in [0, 0.05) is 77.8 Å². The quantitative estimate of drug-likeness (QED) is 0.0763. The van der Waals surface area contributed by atoms with Crippen molar-refractivity contribution in [2.24, 2.45) is 23.1 Å². The van der Waals surface area contributed by atoms with E-state index < -0.39 is 29.9 Å². The number of nitrogens with two attached hydrogens (primary N) is 3. The Morgan fingerprint density at radius 3 is 1.01 bits per heavy atom. The minimum Gasteiger partial charge on any atom is -0.481 e. The number of carbonyl (C=O) groups is 8. The first-order chi connectivity index (χ1) is 39.1. The van der Waals surface area contributed by atoms with E-state index in [1.807, 2.05) is 0 Å². The molecule has 11 N–H and O–H groups in total. The summed E-state index contributed by atoms with van der Waals surface area (Å²) < 4.78 is 0. The number of nitrogens with one attached hydrogen (secondary N) is 4. The van der Waals surface area contributed by atoms with Gasteiger partial charge in [0.05, 0.1) is 6.42 Å². The molecule has 18 heteroatoms. The van der Waals surface area contributed by atoms with Gasteiger partial charge in [-0.25, -0.2) is 5.43 Å². The second kappa shape index (κ2) is 58.1. The highest BCUT2D eigenvalue weighted by Crippen LogP contribution is 2.22. The molecule has 83 heavy (non-hydrogen) atoms. The van der Waals surface area contributed by atoms with E-state index in [9.17, 15) is 38.4 Å². The highest BCUT2D eigenvalue weighted by molar-refractivity contribution is 5.88. The predicted molar refractivity (Wildman–Crippen MR) is 341 cm³/mol. The molecule has 7 amide bonds. The third kappa shape index (κ3) is 47.6. The summed E-state index contributed by atoms with van der Waals surface area (Å²) in [5.74, 6) is -2.87. The molecule has 2 unspecified atom stereocenters. The second-order valence-electron chi connectivity index (χ2n) is 23.1. The van der Waals surface area contributed by atoms with Crippen LogP contribution in [0.2, 0.25) is 0 Å². The number of hydrogen-bond donors (Lipinski definition) is 8. The average molecular weight is 1180 g/mol. The van der Waals surface area contributed by atoms with Crippen LogP contribution in [0.1, 0.15) is 311 Å². The molecule has 0 spiro atoms. The molecule has 18 nitrogen and oxygen atoms in total. The van der Waals surface area contributed by atoms with Crippen molar-refractivity contribution in [1.82, 2.24) is 31.3 Å². The van der Waals surface area contributed by atoms with E-state index in [-0.39, 0.29) is 82.0 Å². The summed E-state index contributed by atoms with van der Waals surface area (Å²) in [7, 11) is 2.99. The Hall–Kier alpha value is -4.32. The minimum atomic E-state index is -0.946. The molecule has 4 atom stereocenters. The number of carbonyl (C=O) groups excluding carboxylic acids is 7. The van der Waals surface area contributed by atoms with Gasteiger partial charge in [-0.3, -0.25) is 43.4 Å². The van der Waals surface area contributed by atoms with Crippen molar-refractivity contribution in [3.63, 3.8) is 0 Å². The van der Waals surface area contributed by atoms with Crippen molar-refractivity contribution in [3.8, 4) is 0 Å². The molecule has 0 bridgehead atoms. The third-order valence-corrected chi connectivity index (χ3v) is 15.9. The van der Waals surface area contributed by atoms with Crippen LogP contribution in [0.3, 0.4) is 0 Å². The van der Waals surface area contributed by atoms with Gasteiger partial charge < -0.3 is 43.2 Å². The normalized spacial score (nSPS) is 20.4. The van der Waals surface area contributed by atoms with Crippen molar-refractivity contribution < 1.29 is 43.5 Å². The number of carboxylic acids is 1. The maximum atomic E-state index is 11.9. The first-order valence-corrected chi connectivity index (χ1v) is 32.7. The summed E-state index contributed by atoms with van der Waals surface area (Å²) in [5, 5.41) is 16.9. The van der Waals surface area contributed by atoms with E-state index >= 15 is 0 Å². The van der Waals surface area contributed by atoms with Gasteiger partial charge in [-0.2, -0.15) is 0 Å². The summed E-state index contributed by atoms with van der Waals surface area (Å²) in [6.45, 7) is 4.74. The van der Waals surface area contributed by atoms with Gasteiger partial charge in [-0.15, -0.1) is 0 Å². The lowest BCUT2D eigenvalue weighted by Gasteiger charge is -2.24. The molecule has 2 saturated heterocycles. The number of rotatable bonds is 15. The van der Waals surface area contributed by atoms with Crippen LogP contribution in [0.5, 0.6) is 0 Å². The van der Waals surface area contributed by atoms with E-state index in [4.69, 9.17) is 22.3 Å². The van der Waals surface area contributed by atoms with Gasteiger partial charge >= 0.3 is 5.97 Å². The maximum absolute atomic E-state index is 11.9. The number of likely N-dealkylation sites (tertiary alicyclic amines) is 1. The number of hydrazine groups is 1. The molecular weight excluding hydrogens is 1050 g/mol. The Kier molecular flexibility index (Phi) is 58.0. The first-order valence-electron chi connectivity index (χ1n) is 32.7. The number of primary amides is 2. The van der Waals surface area contributed by atoms with Crippen LogP contribution in [-0.4, -0.2) is 114 Å². The van der Waals surface area contributed by atoms with Crippen molar-refractivity contribution in [2.45, 2.75) is 329 Å². The van der Waals surface area contributed by atoms with Crippen LogP contribution in [0.25, 0.3) is 0 Å². The van der Waals surface area contributed by atoms with Gasteiger partial charge in [0.2, 0.25) is 41.4 Å². The number of nitrogens with zero attached hydrogens (tertiary/aromatic N) is 2. The Morgan fingerprint density at radius 1 is 0.482 bits per heavy atom. The third-order valence-electron chi connectivity index (χ3n) is 15.9. The molecule has 488 valence electrons. The van der Waals surface area contributed by atoms with Crippen molar-refractivity contribution >= 4 is 47.3 Å². The highest BCUT2D eigenvalue weighted by atomic mass is 16.4. The fraction of sp³-hybridized carbons (Fsp3) is 0.877. The molecule has 4 fully saturated rings. The highest BCUT2D eigenvalue weighted by Gasteiger charge is 2.36. The molecule has 0 aromatic carbocycles. The molecule has 2 saturated carbocycles. The number of hydrogen-bond acceptors (Lipinski definition) is 10. The summed E-state index contributed by atoms with van der Waals surface area (Å²) in [6, 6.07) is -1.23. The molecule has 2 heterocycles. The molecule has 2 aliphatic heterocycles. The summed E-state index contributed by atoms with van der Waals surface area (Å²) in [5.41, 5.74) is 18.8. The fourth-order valence-corrected chi connectivity index (χ4v) is 10.8. The average Bonchev–Trinajstić information content (AvgIpc) is 4.23. The lowest BCUT2D eigenvalue weighted by molar-refractivity contribution is -0.138. The molecule has 0 radical (unpaired) electrons. The molecule has 0 aromatic rings. The van der Waals surface area contributed by atoms with E-state index in [0.29, 0.717) is 45.3 Å². The van der Waals surface area contributed by atoms with Crippen LogP contribution >= 0.6 is 0 Å². The topological polar surface area (TPSA) is 289 Å². The standard InChI is InChI=1S/2C18H36.C14H24N4O4.C8H16N4O2.C5H9NO3.2CH4/c2*1-2-4-6-8-10-12-14-16-18-17-15-13-11-9-7-5-3-1;1-3-10(14(15)22)18-8-9(6-13(18)21)7-17-12(20)5-4-11(19)16-2;1-2-6(8(10)14)12-7(13)3-5(4-9)11-12;1-6-4(7)2-3-5(8)9;;/h2*1-18H2;9-10H,3-8H2,1-2H3,(H2,15,22)(H,16,19)(H,17,20);5-6,11H,2-4,9H2,1H3,(H2,10,14);2-3H2,1H3,(H,6,7)(H,8,9);2*1H4/t;;9?,10-;5?,6-;;;/m..11.../s1. The van der Waals surface area contributed by atoms with Gasteiger partial charge in [0.15, 0.2) is 0 Å². The Bertz CT molecular complexity index is 1470. The van der Waals surface area contributed by atoms with E-state index in [0.717, 1.165) is 0 Å². The van der Waals surface area contributed by atoms with Gasteiger partial charge in [0.25, 0.3) is 0 Å². The lowest BCUT2D eigenvalue weighted by Crippen LogP contribution is -2.51. The smallest absolute Gasteiger partial charge is 0.303 e.